The minimum absolute atomic E-state index is 0.0984. The van der Waals surface area contributed by atoms with Crippen LogP contribution in [0.15, 0.2) is 0 Å². The Morgan fingerprint density at radius 2 is 2.31 bits per heavy atom. The van der Waals surface area contributed by atoms with Crippen molar-refractivity contribution >= 4 is 11.8 Å². The van der Waals surface area contributed by atoms with Crippen molar-refractivity contribution in [2.45, 2.75) is 45.3 Å². The summed E-state index contributed by atoms with van der Waals surface area (Å²) in [6, 6.07) is 0.483. The molecule has 0 saturated carbocycles. The zero-order valence-electron chi connectivity index (χ0n) is 10.1. The van der Waals surface area contributed by atoms with Crippen LogP contribution in [0.1, 0.15) is 39.1 Å². The van der Waals surface area contributed by atoms with Gasteiger partial charge >= 0.3 is 0 Å². The summed E-state index contributed by atoms with van der Waals surface area (Å²) in [4.78, 5) is 0. The molecular weight excluding hydrogens is 222 g/mol. The van der Waals surface area contributed by atoms with E-state index in [1.165, 1.54) is 12.2 Å². The Morgan fingerprint density at radius 1 is 1.50 bits per heavy atom. The highest BCUT2D eigenvalue weighted by atomic mass is 32.2. The predicted octanol–water partition coefficient (Wildman–Crippen LogP) is 1.24. The lowest BCUT2D eigenvalue weighted by Crippen LogP contribution is -2.36. The quantitative estimate of drug-likeness (QED) is 0.863. The topological polar surface area (TPSA) is 55.6 Å². The SMILES string of the molecule is CC(C)(C)NCc1nnnn1C1CCSC1. The van der Waals surface area contributed by atoms with Crippen molar-refractivity contribution in [3.05, 3.63) is 5.82 Å². The molecule has 0 aromatic carbocycles. The molecule has 1 aliphatic heterocycles. The van der Waals surface area contributed by atoms with Gasteiger partial charge in [-0.3, -0.25) is 0 Å². The van der Waals surface area contributed by atoms with Gasteiger partial charge in [-0.1, -0.05) is 0 Å². The molecule has 2 heterocycles. The smallest absolute Gasteiger partial charge is 0.165 e. The molecule has 16 heavy (non-hydrogen) atoms. The van der Waals surface area contributed by atoms with Gasteiger partial charge in [-0.15, -0.1) is 5.10 Å². The average molecular weight is 241 g/mol. The molecule has 6 heteroatoms. The van der Waals surface area contributed by atoms with Gasteiger partial charge in [0, 0.05) is 11.3 Å². The molecule has 1 aromatic rings. The van der Waals surface area contributed by atoms with E-state index in [-0.39, 0.29) is 5.54 Å². The van der Waals surface area contributed by atoms with Crippen molar-refractivity contribution in [1.82, 2.24) is 25.5 Å². The fourth-order valence-electron chi connectivity index (χ4n) is 1.67. The number of tetrazole rings is 1. The van der Waals surface area contributed by atoms with Crippen LogP contribution in [0, 0.1) is 0 Å². The fraction of sp³-hybridized carbons (Fsp3) is 0.900. The molecule has 0 amide bonds. The molecule has 2 rings (SSSR count). The lowest BCUT2D eigenvalue weighted by Gasteiger charge is -2.20. The molecule has 1 aromatic heterocycles. The molecule has 1 fully saturated rings. The lowest BCUT2D eigenvalue weighted by atomic mass is 10.1. The number of hydrogen-bond acceptors (Lipinski definition) is 5. The summed E-state index contributed by atoms with van der Waals surface area (Å²) in [5.41, 5.74) is 0.0984. The van der Waals surface area contributed by atoms with Crippen LogP contribution in [0.2, 0.25) is 0 Å². The van der Waals surface area contributed by atoms with E-state index in [0.717, 1.165) is 18.1 Å². The summed E-state index contributed by atoms with van der Waals surface area (Å²) in [5.74, 6) is 3.30. The second-order valence-electron chi connectivity index (χ2n) is 5.16. The number of hydrogen-bond donors (Lipinski definition) is 1. The van der Waals surface area contributed by atoms with Gasteiger partial charge in [0.2, 0.25) is 0 Å². The Balaban J connectivity index is 2.01. The van der Waals surface area contributed by atoms with Crippen molar-refractivity contribution in [1.29, 1.82) is 0 Å². The van der Waals surface area contributed by atoms with Crippen LogP contribution in [0.5, 0.6) is 0 Å². The highest BCUT2D eigenvalue weighted by Gasteiger charge is 2.22. The summed E-state index contributed by atoms with van der Waals surface area (Å²) in [6.45, 7) is 7.17. The Kier molecular flexibility index (Phi) is 3.49. The van der Waals surface area contributed by atoms with Gasteiger partial charge in [-0.2, -0.15) is 11.8 Å². The van der Waals surface area contributed by atoms with Crippen molar-refractivity contribution < 1.29 is 0 Å². The summed E-state index contributed by atoms with van der Waals surface area (Å²) in [6.07, 6.45) is 1.18. The van der Waals surface area contributed by atoms with Gasteiger partial charge in [0.05, 0.1) is 12.6 Å². The minimum Gasteiger partial charge on any atom is -0.305 e. The van der Waals surface area contributed by atoms with Crippen LogP contribution in [0.25, 0.3) is 0 Å². The Bertz CT molecular complexity index is 337. The highest BCUT2D eigenvalue weighted by Crippen LogP contribution is 2.27. The summed E-state index contributed by atoms with van der Waals surface area (Å²) < 4.78 is 1.98. The third-order valence-corrected chi connectivity index (χ3v) is 3.73. The van der Waals surface area contributed by atoms with Crippen molar-refractivity contribution in [3.8, 4) is 0 Å². The Hall–Kier alpha value is -0.620. The lowest BCUT2D eigenvalue weighted by molar-refractivity contribution is 0.395. The van der Waals surface area contributed by atoms with Gasteiger partial charge in [0.1, 0.15) is 0 Å². The van der Waals surface area contributed by atoms with Crippen LogP contribution < -0.4 is 5.32 Å². The third-order valence-electron chi connectivity index (χ3n) is 2.59. The molecule has 0 aliphatic carbocycles. The van der Waals surface area contributed by atoms with Gasteiger partial charge in [-0.25, -0.2) is 4.68 Å². The first-order valence-corrected chi connectivity index (χ1v) is 6.81. The van der Waals surface area contributed by atoms with E-state index in [0.29, 0.717) is 6.04 Å². The van der Waals surface area contributed by atoms with E-state index < -0.39 is 0 Å². The summed E-state index contributed by atoms with van der Waals surface area (Å²) in [7, 11) is 0. The maximum atomic E-state index is 4.10. The molecule has 1 N–H and O–H groups in total. The Morgan fingerprint density at radius 3 is 2.94 bits per heavy atom. The fourth-order valence-corrected chi connectivity index (χ4v) is 2.86. The maximum absolute atomic E-state index is 4.10. The number of aromatic nitrogens is 4. The van der Waals surface area contributed by atoms with Crippen molar-refractivity contribution in [2.24, 2.45) is 0 Å². The highest BCUT2D eigenvalue weighted by molar-refractivity contribution is 7.99. The second-order valence-corrected chi connectivity index (χ2v) is 6.31. The molecule has 1 aliphatic rings. The molecule has 1 unspecified atom stereocenters. The van der Waals surface area contributed by atoms with E-state index in [1.54, 1.807) is 0 Å². The molecule has 90 valence electrons. The first-order chi connectivity index (χ1) is 7.56. The number of nitrogens with one attached hydrogen (secondary N) is 1. The van der Waals surface area contributed by atoms with E-state index in [2.05, 4.69) is 41.6 Å². The standard InChI is InChI=1S/C10H19N5S/c1-10(2,3)11-6-9-12-13-14-15(9)8-4-5-16-7-8/h8,11H,4-7H2,1-3H3. The second kappa shape index (κ2) is 4.71. The van der Waals surface area contributed by atoms with Crippen LogP contribution >= 0.6 is 11.8 Å². The van der Waals surface area contributed by atoms with Crippen LogP contribution in [0.4, 0.5) is 0 Å². The summed E-state index contributed by atoms with van der Waals surface area (Å²) in [5, 5.41) is 15.4. The predicted molar refractivity (Wildman–Crippen MR) is 65.4 cm³/mol. The number of nitrogens with zero attached hydrogens (tertiary/aromatic N) is 4. The van der Waals surface area contributed by atoms with Gasteiger partial charge in [0.15, 0.2) is 5.82 Å². The van der Waals surface area contributed by atoms with Crippen molar-refractivity contribution in [3.63, 3.8) is 0 Å². The van der Waals surface area contributed by atoms with Gasteiger partial charge < -0.3 is 5.32 Å². The number of rotatable bonds is 3. The number of thioether (sulfide) groups is 1. The van der Waals surface area contributed by atoms with Gasteiger partial charge in [-0.05, 0) is 43.4 Å². The monoisotopic (exact) mass is 241 g/mol. The van der Waals surface area contributed by atoms with Crippen LogP contribution in [-0.4, -0.2) is 37.3 Å². The summed E-state index contributed by atoms with van der Waals surface area (Å²) >= 11 is 1.98. The zero-order chi connectivity index (χ0) is 11.6. The maximum Gasteiger partial charge on any atom is 0.165 e. The van der Waals surface area contributed by atoms with E-state index >= 15 is 0 Å². The normalized spacial score (nSPS) is 21.6. The Labute approximate surface area is 100 Å². The molecule has 5 nitrogen and oxygen atoms in total. The molecular formula is C10H19N5S. The van der Waals surface area contributed by atoms with E-state index in [1.807, 2.05) is 16.4 Å². The van der Waals surface area contributed by atoms with Crippen molar-refractivity contribution in [2.75, 3.05) is 11.5 Å². The molecule has 1 atom stereocenters. The molecule has 0 spiro atoms. The first kappa shape index (κ1) is 11.9. The van der Waals surface area contributed by atoms with Crippen LogP contribution in [-0.2, 0) is 6.54 Å². The molecule has 1 saturated heterocycles. The van der Waals surface area contributed by atoms with Gasteiger partial charge in [0.25, 0.3) is 0 Å². The van der Waals surface area contributed by atoms with E-state index in [9.17, 15) is 0 Å². The minimum atomic E-state index is 0.0984. The van der Waals surface area contributed by atoms with Crippen LogP contribution in [0.3, 0.4) is 0 Å². The first-order valence-electron chi connectivity index (χ1n) is 5.66. The molecule has 0 bridgehead atoms. The third kappa shape index (κ3) is 2.95. The zero-order valence-corrected chi connectivity index (χ0v) is 10.9. The average Bonchev–Trinajstić information content (AvgIpc) is 2.84. The molecule has 0 radical (unpaired) electrons. The van der Waals surface area contributed by atoms with E-state index in [4.69, 9.17) is 0 Å². The largest absolute Gasteiger partial charge is 0.305 e.